The molecule has 0 fully saturated rings. The third kappa shape index (κ3) is 3.99. The van der Waals surface area contributed by atoms with E-state index in [-0.39, 0.29) is 5.91 Å². The Labute approximate surface area is 101 Å². The molecule has 2 N–H and O–H groups in total. The summed E-state index contributed by atoms with van der Waals surface area (Å²) in [6.45, 7) is 1.86. The van der Waals surface area contributed by atoms with Gasteiger partial charge in [0.2, 0.25) is 0 Å². The maximum Gasteiger partial charge on any atom is 0.271 e. The fraction of sp³-hybridized carbons (Fsp3) is 0.545. The van der Waals surface area contributed by atoms with E-state index in [4.69, 9.17) is 0 Å². The highest BCUT2D eigenvalue weighted by atomic mass is 16.1. The number of hydrogen-bond donors (Lipinski definition) is 2. The lowest BCUT2D eigenvalue weighted by molar-refractivity contribution is 0.0957. The highest BCUT2D eigenvalue weighted by Crippen LogP contribution is 2.07. The van der Waals surface area contributed by atoms with Gasteiger partial charge in [0, 0.05) is 20.6 Å². The number of amides is 1. The average molecular weight is 237 g/mol. The molecule has 1 aromatic rings. The van der Waals surface area contributed by atoms with Crippen LogP contribution in [0.1, 0.15) is 16.9 Å². The number of anilines is 1. The molecule has 0 aliphatic carbocycles. The third-order valence-corrected chi connectivity index (χ3v) is 2.42. The molecule has 1 amide bonds. The van der Waals surface area contributed by atoms with Crippen molar-refractivity contribution in [1.29, 1.82) is 0 Å². The van der Waals surface area contributed by atoms with Crippen molar-refractivity contribution in [2.75, 3.05) is 39.1 Å². The van der Waals surface area contributed by atoms with Gasteiger partial charge in [0.25, 0.3) is 5.91 Å². The molecule has 6 heteroatoms. The summed E-state index contributed by atoms with van der Waals surface area (Å²) in [5, 5.41) is 13.5. The summed E-state index contributed by atoms with van der Waals surface area (Å²) in [4.78, 5) is 13.3. The summed E-state index contributed by atoms with van der Waals surface area (Å²) in [5.74, 6) is 0.552. The maximum atomic E-state index is 11.3. The number of rotatable bonds is 6. The third-order valence-electron chi connectivity index (χ3n) is 2.42. The Balaban J connectivity index is 2.57. The summed E-state index contributed by atoms with van der Waals surface area (Å²) in [6, 6.07) is 3.48. The Bertz CT molecular complexity index is 351. The van der Waals surface area contributed by atoms with Gasteiger partial charge < -0.3 is 15.5 Å². The van der Waals surface area contributed by atoms with Crippen LogP contribution in [0.5, 0.6) is 0 Å². The lowest BCUT2D eigenvalue weighted by Crippen LogP contribution is -2.24. The highest BCUT2D eigenvalue weighted by molar-refractivity contribution is 5.91. The molecule has 17 heavy (non-hydrogen) atoms. The van der Waals surface area contributed by atoms with E-state index in [0.29, 0.717) is 5.69 Å². The number of hydrogen-bond acceptors (Lipinski definition) is 5. The molecular formula is C11H19N5O. The molecular weight excluding hydrogens is 218 g/mol. The van der Waals surface area contributed by atoms with Gasteiger partial charge in [0.05, 0.1) is 0 Å². The summed E-state index contributed by atoms with van der Waals surface area (Å²) in [7, 11) is 5.46. The van der Waals surface area contributed by atoms with E-state index in [1.807, 2.05) is 19.0 Å². The minimum absolute atomic E-state index is 0.220. The molecule has 0 aliphatic heterocycles. The van der Waals surface area contributed by atoms with Crippen LogP contribution in [0.3, 0.4) is 0 Å². The van der Waals surface area contributed by atoms with Crippen LogP contribution in [0.15, 0.2) is 12.1 Å². The zero-order valence-corrected chi connectivity index (χ0v) is 10.5. The number of aromatic nitrogens is 2. The molecule has 0 saturated carbocycles. The molecule has 1 heterocycles. The zero-order chi connectivity index (χ0) is 12.7. The zero-order valence-electron chi connectivity index (χ0n) is 10.5. The Hall–Kier alpha value is -1.69. The van der Waals surface area contributed by atoms with Crippen molar-refractivity contribution >= 4 is 11.7 Å². The number of nitrogens with one attached hydrogen (secondary N) is 2. The van der Waals surface area contributed by atoms with Gasteiger partial charge in [0.15, 0.2) is 11.5 Å². The van der Waals surface area contributed by atoms with Crippen LogP contribution in [0.2, 0.25) is 0 Å². The van der Waals surface area contributed by atoms with E-state index in [0.717, 1.165) is 25.3 Å². The molecule has 0 atom stereocenters. The highest BCUT2D eigenvalue weighted by Gasteiger charge is 2.07. The molecule has 0 saturated heterocycles. The molecule has 6 nitrogen and oxygen atoms in total. The number of carbonyl (C=O) groups is 1. The van der Waals surface area contributed by atoms with Crippen LogP contribution in [-0.4, -0.2) is 50.3 Å². The van der Waals surface area contributed by atoms with Gasteiger partial charge >= 0.3 is 0 Å². The standard InChI is InChI=1S/C11H19N5O/c1-12-7-4-8-16(3)10-6-5-9(14-15-10)11(17)13-2/h5-6,12H,4,7-8H2,1-3H3,(H,13,17). The maximum absolute atomic E-state index is 11.3. The first-order valence-electron chi connectivity index (χ1n) is 5.60. The molecule has 1 aromatic heterocycles. The quantitative estimate of drug-likeness (QED) is 0.675. The fourth-order valence-corrected chi connectivity index (χ4v) is 1.39. The molecule has 0 aromatic carbocycles. The van der Waals surface area contributed by atoms with E-state index < -0.39 is 0 Å². The van der Waals surface area contributed by atoms with E-state index in [2.05, 4.69) is 20.8 Å². The molecule has 1 rings (SSSR count). The van der Waals surface area contributed by atoms with Crippen LogP contribution in [0.25, 0.3) is 0 Å². The van der Waals surface area contributed by atoms with Crippen LogP contribution in [-0.2, 0) is 0 Å². The topological polar surface area (TPSA) is 70.2 Å². The van der Waals surface area contributed by atoms with Gasteiger partial charge in [0.1, 0.15) is 0 Å². The lowest BCUT2D eigenvalue weighted by atomic mass is 10.3. The number of carbonyl (C=O) groups excluding carboxylic acids is 1. The Morgan fingerprint density at radius 2 is 2.12 bits per heavy atom. The minimum Gasteiger partial charge on any atom is -0.358 e. The largest absolute Gasteiger partial charge is 0.358 e. The molecule has 0 radical (unpaired) electrons. The van der Waals surface area contributed by atoms with Crippen molar-refractivity contribution in [3.63, 3.8) is 0 Å². The van der Waals surface area contributed by atoms with Gasteiger partial charge in [-0.3, -0.25) is 4.79 Å². The minimum atomic E-state index is -0.220. The second-order valence-electron chi connectivity index (χ2n) is 3.73. The predicted octanol–water partition coefficient (Wildman–Crippen LogP) is -0.118. The monoisotopic (exact) mass is 237 g/mol. The van der Waals surface area contributed by atoms with Crippen molar-refractivity contribution in [3.05, 3.63) is 17.8 Å². The van der Waals surface area contributed by atoms with Gasteiger partial charge in [-0.15, -0.1) is 10.2 Å². The van der Waals surface area contributed by atoms with E-state index >= 15 is 0 Å². The van der Waals surface area contributed by atoms with Gasteiger partial charge in [-0.25, -0.2) is 0 Å². The molecule has 0 aliphatic rings. The van der Waals surface area contributed by atoms with Crippen molar-refractivity contribution in [2.24, 2.45) is 0 Å². The SMILES string of the molecule is CNCCCN(C)c1ccc(C(=O)NC)nn1. The smallest absolute Gasteiger partial charge is 0.271 e. The van der Waals surface area contributed by atoms with Gasteiger partial charge in [-0.05, 0) is 32.1 Å². The van der Waals surface area contributed by atoms with Crippen LogP contribution >= 0.6 is 0 Å². The summed E-state index contributed by atoms with van der Waals surface area (Å²) in [6.07, 6.45) is 1.03. The van der Waals surface area contributed by atoms with Crippen LogP contribution in [0, 0.1) is 0 Å². The Kier molecular flexibility index (Phi) is 5.35. The van der Waals surface area contributed by atoms with Gasteiger partial charge in [-0.2, -0.15) is 0 Å². The Morgan fingerprint density at radius 3 is 2.65 bits per heavy atom. The van der Waals surface area contributed by atoms with Crippen molar-refractivity contribution in [2.45, 2.75) is 6.42 Å². The van der Waals surface area contributed by atoms with Gasteiger partial charge in [-0.1, -0.05) is 0 Å². The first-order chi connectivity index (χ1) is 8.19. The van der Waals surface area contributed by atoms with Crippen molar-refractivity contribution in [3.8, 4) is 0 Å². The lowest BCUT2D eigenvalue weighted by Gasteiger charge is -2.17. The molecule has 0 bridgehead atoms. The van der Waals surface area contributed by atoms with Crippen LogP contribution in [0.4, 0.5) is 5.82 Å². The first-order valence-corrected chi connectivity index (χ1v) is 5.60. The number of nitrogens with zero attached hydrogens (tertiary/aromatic N) is 3. The fourth-order valence-electron chi connectivity index (χ4n) is 1.39. The summed E-state index contributed by atoms with van der Waals surface area (Å²) < 4.78 is 0. The van der Waals surface area contributed by atoms with Crippen molar-refractivity contribution < 1.29 is 4.79 Å². The molecule has 0 unspecified atom stereocenters. The van der Waals surface area contributed by atoms with E-state index in [1.165, 1.54) is 0 Å². The normalized spacial score (nSPS) is 10.1. The summed E-state index contributed by atoms with van der Waals surface area (Å²) in [5.41, 5.74) is 0.333. The second-order valence-corrected chi connectivity index (χ2v) is 3.73. The predicted molar refractivity (Wildman–Crippen MR) is 67.2 cm³/mol. The molecule has 0 spiro atoms. The van der Waals surface area contributed by atoms with E-state index in [1.54, 1.807) is 19.2 Å². The van der Waals surface area contributed by atoms with E-state index in [9.17, 15) is 4.79 Å². The molecule has 94 valence electrons. The second kappa shape index (κ2) is 6.80. The average Bonchev–Trinajstić information content (AvgIpc) is 2.38. The summed E-state index contributed by atoms with van der Waals surface area (Å²) >= 11 is 0. The van der Waals surface area contributed by atoms with Crippen LogP contribution < -0.4 is 15.5 Å². The Morgan fingerprint density at radius 1 is 1.35 bits per heavy atom. The first kappa shape index (κ1) is 13.4. The van der Waals surface area contributed by atoms with Crippen molar-refractivity contribution in [1.82, 2.24) is 20.8 Å².